The highest BCUT2D eigenvalue weighted by atomic mass is 32.2. The van der Waals surface area contributed by atoms with Crippen molar-refractivity contribution >= 4 is 10.0 Å². The predicted octanol–water partition coefficient (Wildman–Crippen LogP) is 4.13. The Hall–Kier alpha value is -0.600. The van der Waals surface area contributed by atoms with E-state index in [1.807, 2.05) is 0 Å². The van der Waals surface area contributed by atoms with Crippen LogP contribution in [0.2, 0.25) is 0 Å². The van der Waals surface area contributed by atoms with E-state index in [4.69, 9.17) is 5.26 Å². The minimum atomic E-state index is -3.08. The van der Waals surface area contributed by atoms with Crippen LogP contribution in [0.4, 0.5) is 0 Å². The van der Waals surface area contributed by atoms with Crippen LogP contribution in [0.3, 0.4) is 0 Å². The van der Waals surface area contributed by atoms with Gasteiger partial charge in [0.25, 0.3) is 0 Å². The lowest BCUT2D eigenvalue weighted by molar-refractivity contribution is 0.562. The third-order valence-corrected chi connectivity index (χ3v) is 5.02. The van der Waals surface area contributed by atoms with Crippen LogP contribution in [-0.4, -0.2) is 20.7 Å². The number of sulfonamides is 1. The maximum absolute atomic E-state index is 11.7. The van der Waals surface area contributed by atoms with E-state index in [2.05, 4.69) is 17.7 Å². The summed E-state index contributed by atoms with van der Waals surface area (Å²) in [5.41, 5.74) is 0. The minimum Gasteiger partial charge on any atom is -0.215 e. The van der Waals surface area contributed by atoms with Crippen molar-refractivity contribution in [1.82, 2.24) is 4.72 Å². The van der Waals surface area contributed by atoms with E-state index < -0.39 is 10.0 Å². The second kappa shape index (κ2) is 14.3. The van der Waals surface area contributed by atoms with Crippen LogP contribution in [-0.2, 0) is 10.0 Å². The maximum Gasteiger partial charge on any atom is 0.211 e. The Morgan fingerprint density at radius 3 is 2.10 bits per heavy atom. The summed E-state index contributed by atoms with van der Waals surface area (Å²) in [5, 5.41) is 8.40. The van der Waals surface area contributed by atoms with Crippen LogP contribution in [0, 0.1) is 11.3 Å². The Bertz CT molecular complexity index is 361. The fourth-order valence-electron chi connectivity index (χ4n) is 2.23. The summed E-state index contributed by atoms with van der Waals surface area (Å²) in [6.45, 7) is 2.73. The van der Waals surface area contributed by atoms with Crippen molar-refractivity contribution in [3.63, 3.8) is 0 Å². The maximum atomic E-state index is 11.7. The SMILES string of the molecule is CCCCCCCCCS(=O)(=O)NCCCCCCC#N. The van der Waals surface area contributed by atoms with Crippen LogP contribution in [0.1, 0.15) is 84.0 Å². The fourth-order valence-corrected chi connectivity index (χ4v) is 3.42. The summed E-state index contributed by atoms with van der Waals surface area (Å²) >= 11 is 0. The quantitative estimate of drug-likeness (QED) is 0.462. The Morgan fingerprint density at radius 1 is 0.857 bits per heavy atom. The molecule has 0 aliphatic rings. The highest BCUT2D eigenvalue weighted by Gasteiger charge is 2.08. The van der Waals surface area contributed by atoms with Gasteiger partial charge in [-0.25, -0.2) is 13.1 Å². The lowest BCUT2D eigenvalue weighted by atomic mass is 10.1. The molecule has 4 nitrogen and oxygen atoms in total. The Morgan fingerprint density at radius 2 is 1.43 bits per heavy atom. The molecule has 0 unspecified atom stereocenters. The van der Waals surface area contributed by atoms with Crippen molar-refractivity contribution in [3.05, 3.63) is 0 Å². The van der Waals surface area contributed by atoms with Crippen molar-refractivity contribution in [3.8, 4) is 6.07 Å². The Balaban J connectivity index is 3.42. The zero-order valence-electron chi connectivity index (χ0n) is 13.6. The third kappa shape index (κ3) is 15.6. The summed E-state index contributed by atoms with van der Waals surface area (Å²) in [6.07, 6.45) is 12.3. The van der Waals surface area contributed by atoms with Gasteiger partial charge in [0.2, 0.25) is 10.0 Å². The number of hydrogen-bond donors (Lipinski definition) is 1. The van der Waals surface area contributed by atoms with Gasteiger partial charge in [0.1, 0.15) is 0 Å². The number of nitrogens with zero attached hydrogens (tertiary/aromatic N) is 1. The van der Waals surface area contributed by atoms with Crippen LogP contribution in [0.5, 0.6) is 0 Å². The normalized spacial score (nSPS) is 11.4. The number of nitriles is 1. The lowest BCUT2D eigenvalue weighted by Crippen LogP contribution is -2.27. The van der Waals surface area contributed by atoms with E-state index in [1.54, 1.807) is 0 Å². The van der Waals surface area contributed by atoms with Gasteiger partial charge < -0.3 is 0 Å². The second-order valence-electron chi connectivity index (χ2n) is 5.66. The van der Waals surface area contributed by atoms with Crippen LogP contribution >= 0.6 is 0 Å². The van der Waals surface area contributed by atoms with Crippen molar-refractivity contribution in [2.45, 2.75) is 84.0 Å². The van der Waals surface area contributed by atoms with E-state index in [-0.39, 0.29) is 5.75 Å². The van der Waals surface area contributed by atoms with Gasteiger partial charge in [-0.1, -0.05) is 58.3 Å². The Kier molecular flexibility index (Phi) is 13.9. The van der Waals surface area contributed by atoms with Gasteiger partial charge >= 0.3 is 0 Å². The smallest absolute Gasteiger partial charge is 0.211 e. The van der Waals surface area contributed by atoms with Gasteiger partial charge in [-0.05, 0) is 19.3 Å². The first-order chi connectivity index (χ1) is 10.1. The molecule has 0 atom stereocenters. The fraction of sp³-hybridized carbons (Fsp3) is 0.938. The van der Waals surface area contributed by atoms with Crippen molar-refractivity contribution in [1.29, 1.82) is 5.26 Å². The topological polar surface area (TPSA) is 70.0 Å². The van der Waals surface area contributed by atoms with Crippen molar-refractivity contribution in [2.24, 2.45) is 0 Å². The third-order valence-electron chi connectivity index (χ3n) is 3.55. The number of rotatable bonds is 15. The van der Waals surface area contributed by atoms with Crippen LogP contribution < -0.4 is 4.72 Å². The molecule has 0 heterocycles. The molecule has 0 rings (SSSR count). The molecule has 5 heteroatoms. The predicted molar refractivity (Wildman–Crippen MR) is 88.5 cm³/mol. The Labute approximate surface area is 131 Å². The summed E-state index contributed by atoms with van der Waals surface area (Å²) in [7, 11) is -3.08. The second-order valence-corrected chi connectivity index (χ2v) is 7.58. The molecule has 0 saturated heterocycles. The first kappa shape index (κ1) is 20.4. The van der Waals surface area contributed by atoms with Gasteiger partial charge in [0, 0.05) is 13.0 Å². The van der Waals surface area contributed by atoms with Crippen molar-refractivity contribution < 1.29 is 8.42 Å². The molecule has 0 amide bonds. The molecule has 0 spiro atoms. The van der Waals surface area contributed by atoms with Crippen LogP contribution in [0.15, 0.2) is 0 Å². The minimum absolute atomic E-state index is 0.259. The highest BCUT2D eigenvalue weighted by molar-refractivity contribution is 7.89. The van der Waals surface area contributed by atoms with E-state index in [0.29, 0.717) is 13.0 Å². The molecular formula is C16H32N2O2S. The van der Waals surface area contributed by atoms with E-state index >= 15 is 0 Å². The average Bonchev–Trinajstić information content (AvgIpc) is 2.45. The molecule has 124 valence electrons. The van der Waals surface area contributed by atoms with Gasteiger partial charge in [-0.15, -0.1) is 0 Å². The molecule has 0 aliphatic carbocycles. The van der Waals surface area contributed by atoms with Gasteiger partial charge in [0.15, 0.2) is 0 Å². The van der Waals surface area contributed by atoms with Gasteiger partial charge in [0.05, 0.1) is 11.8 Å². The largest absolute Gasteiger partial charge is 0.215 e. The number of nitrogens with one attached hydrogen (secondary N) is 1. The zero-order valence-corrected chi connectivity index (χ0v) is 14.4. The molecule has 21 heavy (non-hydrogen) atoms. The number of unbranched alkanes of at least 4 members (excludes halogenated alkanes) is 10. The molecule has 0 radical (unpaired) electrons. The molecule has 0 aromatic heterocycles. The van der Waals surface area contributed by atoms with E-state index in [0.717, 1.165) is 44.9 Å². The van der Waals surface area contributed by atoms with E-state index in [1.165, 1.54) is 25.7 Å². The molecule has 0 saturated carbocycles. The average molecular weight is 317 g/mol. The summed E-state index contributed by atoms with van der Waals surface area (Å²) in [5.74, 6) is 0.259. The lowest BCUT2D eigenvalue weighted by Gasteiger charge is -2.06. The monoisotopic (exact) mass is 316 g/mol. The first-order valence-electron chi connectivity index (χ1n) is 8.46. The van der Waals surface area contributed by atoms with Gasteiger partial charge in [-0.2, -0.15) is 5.26 Å². The molecule has 0 aromatic rings. The molecule has 0 aromatic carbocycles. The summed E-state index contributed by atoms with van der Waals surface area (Å²) in [4.78, 5) is 0. The standard InChI is InChI=1S/C16H32N2O2S/c1-2-3-4-5-6-10-13-16-21(19,20)18-15-12-9-7-8-11-14-17/h18H,2-13,15-16H2,1H3. The first-order valence-corrected chi connectivity index (χ1v) is 10.1. The van der Waals surface area contributed by atoms with Crippen LogP contribution in [0.25, 0.3) is 0 Å². The molecule has 0 fully saturated rings. The molecule has 0 bridgehead atoms. The zero-order chi connectivity index (χ0) is 15.8. The van der Waals surface area contributed by atoms with Gasteiger partial charge in [-0.3, -0.25) is 0 Å². The molecule has 1 N–H and O–H groups in total. The highest BCUT2D eigenvalue weighted by Crippen LogP contribution is 2.08. The van der Waals surface area contributed by atoms with Crippen molar-refractivity contribution in [2.75, 3.05) is 12.3 Å². The molecular weight excluding hydrogens is 284 g/mol. The molecule has 0 aliphatic heterocycles. The number of hydrogen-bond acceptors (Lipinski definition) is 3. The summed E-state index contributed by atoms with van der Waals surface area (Å²) in [6, 6.07) is 2.12. The summed E-state index contributed by atoms with van der Waals surface area (Å²) < 4.78 is 26.2. The van der Waals surface area contributed by atoms with E-state index in [9.17, 15) is 8.42 Å².